The van der Waals surface area contributed by atoms with Gasteiger partial charge in [0.2, 0.25) is 0 Å². The van der Waals surface area contributed by atoms with Gasteiger partial charge < -0.3 is 19.5 Å². The molecule has 1 aromatic carbocycles. The van der Waals surface area contributed by atoms with Crippen molar-refractivity contribution in [2.75, 3.05) is 40.0 Å². The third kappa shape index (κ3) is 5.40. The van der Waals surface area contributed by atoms with Crippen LogP contribution in [0.1, 0.15) is 6.42 Å². The zero-order valence-electron chi connectivity index (χ0n) is 11.8. The number of aliphatic hydroxyl groups excluding tert-OH is 1. The van der Waals surface area contributed by atoms with Crippen molar-refractivity contribution in [2.24, 2.45) is 5.92 Å². The molecule has 0 bridgehead atoms. The minimum absolute atomic E-state index is 0.313. The molecule has 112 valence electrons. The summed E-state index contributed by atoms with van der Waals surface area (Å²) in [5.41, 5.74) is 0. The number of likely N-dealkylation sites (N-methyl/N-ethyl adjacent to an activating group) is 1. The third-order valence-corrected chi connectivity index (χ3v) is 3.90. The highest BCUT2D eigenvalue weighted by Gasteiger charge is 2.18. The van der Waals surface area contributed by atoms with E-state index in [-0.39, 0.29) is 0 Å². The summed E-state index contributed by atoms with van der Waals surface area (Å²) in [5, 5.41) is 10.0. The van der Waals surface area contributed by atoms with E-state index >= 15 is 0 Å². The number of rotatable bonds is 7. The molecule has 2 atom stereocenters. The summed E-state index contributed by atoms with van der Waals surface area (Å²) in [5.74, 6) is 1.37. The minimum Gasteiger partial charge on any atom is -0.491 e. The fourth-order valence-electron chi connectivity index (χ4n) is 2.38. The third-order valence-electron chi connectivity index (χ3n) is 3.37. The molecule has 1 fully saturated rings. The lowest BCUT2D eigenvalue weighted by Crippen LogP contribution is -2.36. The molecule has 20 heavy (non-hydrogen) atoms. The molecular formula is C15H22BrNO3. The second-order valence-electron chi connectivity index (χ2n) is 5.37. The van der Waals surface area contributed by atoms with Gasteiger partial charge in [0, 0.05) is 24.2 Å². The molecule has 0 amide bonds. The largest absolute Gasteiger partial charge is 0.491 e. The number of ether oxygens (including phenoxy) is 2. The first-order valence-corrected chi connectivity index (χ1v) is 7.75. The Labute approximate surface area is 128 Å². The van der Waals surface area contributed by atoms with Crippen LogP contribution in [0.4, 0.5) is 0 Å². The van der Waals surface area contributed by atoms with Gasteiger partial charge in [-0.05, 0) is 43.7 Å². The van der Waals surface area contributed by atoms with E-state index in [0.717, 1.165) is 36.4 Å². The fraction of sp³-hybridized carbons (Fsp3) is 0.600. The van der Waals surface area contributed by atoms with Gasteiger partial charge in [0.15, 0.2) is 0 Å². The molecule has 0 radical (unpaired) electrons. The van der Waals surface area contributed by atoms with Crippen molar-refractivity contribution in [1.29, 1.82) is 0 Å². The summed E-state index contributed by atoms with van der Waals surface area (Å²) in [4.78, 5) is 2.15. The number of nitrogens with zero attached hydrogens (tertiary/aromatic N) is 1. The minimum atomic E-state index is -0.481. The standard InChI is InChI=1S/C15H22BrNO3/c1-17(8-12-6-7-19-10-12)9-14(18)11-20-15-4-2-13(16)3-5-15/h2-5,12,14,18H,6-11H2,1H3. The maximum atomic E-state index is 10.0. The highest BCUT2D eigenvalue weighted by molar-refractivity contribution is 9.10. The van der Waals surface area contributed by atoms with Crippen LogP contribution in [0, 0.1) is 5.92 Å². The zero-order chi connectivity index (χ0) is 14.4. The van der Waals surface area contributed by atoms with Crippen molar-refractivity contribution < 1.29 is 14.6 Å². The predicted molar refractivity (Wildman–Crippen MR) is 82.1 cm³/mol. The second-order valence-corrected chi connectivity index (χ2v) is 6.29. The van der Waals surface area contributed by atoms with Gasteiger partial charge in [-0.3, -0.25) is 0 Å². The molecule has 1 N–H and O–H groups in total. The Bertz CT molecular complexity index is 393. The first-order valence-electron chi connectivity index (χ1n) is 6.96. The monoisotopic (exact) mass is 343 g/mol. The van der Waals surface area contributed by atoms with Crippen LogP contribution in [-0.4, -0.2) is 56.1 Å². The van der Waals surface area contributed by atoms with Gasteiger partial charge in [-0.1, -0.05) is 15.9 Å². The molecule has 0 saturated carbocycles. The Kier molecular flexibility index (Phi) is 6.29. The number of benzene rings is 1. The van der Waals surface area contributed by atoms with Gasteiger partial charge in [-0.2, -0.15) is 0 Å². The van der Waals surface area contributed by atoms with Crippen molar-refractivity contribution >= 4 is 15.9 Å². The number of hydrogen-bond donors (Lipinski definition) is 1. The van der Waals surface area contributed by atoms with Gasteiger partial charge in [0.25, 0.3) is 0 Å². The van der Waals surface area contributed by atoms with Crippen LogP contribution in [0.15, 0.2) is 28.7 Å². The van der Waals surface area contributed by atoms with Crippen molar-refractivity contribution in [3.8, 4) is 5.75 Å². The Morgan fingerprint density at radius 3 is 2.85 bits per heavy atom. The van der Waals surface area contributed by atoms with Crippen LogP contribution < -0.4 is 4.74 Å². The quantitative estimate of drug-likeness (QED) is 0.823. The Morgan fingerprint density at radius 2 is 2.20 bits per heavy atom. The molecule has 4 nitrogen and oxygen atoms in total. The van der Waals surface area contributed by atoms with E-state index in [0.29, 0.717) is 19.1 Å². The van der Waals surface area contributed by atoms with Crippen LogP contribution >= 0.6 is 15.9 Å². The van der Waals surface area contributed by atoms with Gasteiger partial charge in [0.1, 0.15) is 18.5 Å². The molecule has 1 aromatic rings. The first kappa shape index (κ1) is 15.8. The summed E-state index contributed by atoms with van der Waals surface area (Å²) >= 11 is 3.38. The highest BCUT2D eigenvalue weighted by Crippen LogP contribution is 2.16. The molecule has 0 aliphatic carbocycles. The SMILES string of the molecule is CN(CC(O)COc1ccc(Br)cc1)CC1CCOC1. The Morgan fingerprint density at radius 1 is 1.45 bits per heavy atom. The lowest BCUT2D eigenvalue weighted by atomic mass is 10.1. The summed E-state index contributed by atoms with van der Waals surface area (Å²) < 4.78 is 11.9. The number of aliphatic hydroxyl groups is 1. The highest BCUT2D eigenvalue weighted by atomic mass is 79.9. The van der Waals surface area contributed by atoms with Gasteiger partial charge >= 0.3 is 0 Å². The van der Waals surface area contributed by atoms with Gasteiger partial charge in [-0.15, -0.1) is 0 Å². The van der Waals surface area contributed by atoms with Gasteiger partial charge in [-0.25, -0.2) is 0 Å². The lowest BCUT2D eigenvalue weighted by Gasteiger charge is -2.23. The molecule has 5 heteroatoms. The normalized spacial score (nSPS) is 20.3. The molecule has 1 aliphatic rings. The average Bonchev–Trinajstić information content (AvgIpc) is 2.90. The fourth-order valence-corrected chi connectivity index (χ4v) is 2.64. The second kappa shape index (κ2) is 7.98. The van der Waals surface area contributed by atoms with Crippen molar-refractivity contribution in [1.82, 2.24) is 4.90 Å². The van der Waals surface area contributed by atoms with Crippen molar-refractivity contribution in [3.63, 3.8) is 0 Å². The number of hydrogen-bond acceptors (Lipinski definition) is 4. The number of halogens is 1. The van der Waals surface area contributed by atoms with Crippen LogP contribution in [-0.2, 0) is 4.74 Å². The first-order chi connectivity index (χ1) is 9.63. The smallest absolute Gasteiger partial charge is 0.119 e. The molecule has 0 aromatic heterocycles. The lowest BCUT2D eigenvalue weighted by molar-refractivity contribution is 0.0705. The van der Waals surface area contributed by atoms with E-state index in [2.05, 4.69) is 20.8 Å². The van der Waals surface area contributed by atoms with E-state index in [9.17, 15) is 5.11 Å². The van der Waals surface area contributed by atoms with E-state index in [1.807, 2.05) is 31.3 Å². The predicted octanol–water partition coefficient (Wildman–Crippen LogP) is 2.16. The van der Waals surface area contributed by atoms with E-state index in [4.69, 9.17) is 9.47 Å². The summed E-state index contributed by atoms with van der Waals surface area (Å²) in [7, 11) is 2.03. The summed E-state index contributed by atoms with van der Waals surface area (Å²) in [6.07, 6.45) is 0.640. The molecular weight excluding hydrogens is 322 g/mol. The van der Waals surface area contributed by atoms with E-state index in [1.54, 1.807) is 0 Å². The Hall–Kier alpha value is -0.620. The topological polar surface area (TPSA) is 41.9 Å². The maximum absolute atomic E-state index is 10.0. The summed E-state index contributed by atoms with van der Waals surface area (Å²) in [6.45, 7) is 3.61. The van der Waals surface area contributed by atoms with Crippen LogP contribution in [0.5, 0.6) is 5.75 Å². The van der Waals surface area contributed by atoms with Crippen LogP contribution in [0.2, 0.25) is 0 Å². The molecule has 1 saturated heterocycles. The van der Waals surface area contributed by atoms with Gasteiger partial charge in [0.05, 0.1) is 6.61 Å². The van der Waals surface area contributed by atoms with Crippen molar-refractivity contribution in [2.45, 2.75) is 12.5 Å². The average molecular weight is 344 g/mol. The molecule has 1 aliphatic heterocycles. The molecule has 0 spiro atoms. The van der Waals surface area contributed by atoms with E-state index < -0.39 is 6.10 Å². The van der Waals surface area contributed by atoms with Crippen LogP contribution in [0.3, 0.4) is 0 Å². The van der Waals surface area contributed by atoms with Crippen molar-refractivity contribution in [3.05, 3.63) is 28.7 Å². The maximum Gasteiger partial charge on any atom is 0.119 e. The molecule has 1 heterocycles. The zero-order valence-corrected chi connectivity index (χ0v) is 13.4. The molecule has 2 rings (SSSR count). The van der Waals surface area contributed by atoms with Crippen LogP contribution in [0.25, 0.3) is 0 Å². The molecule has 2 unspecified atom stereocenters. The van der Waals surface area contributed by atoms with E-state index in [1.165, 1.54) is 0 Å². The Balaban J connectivity index is 1.66. The summed E-state index contributed by atoms with van der Waals surface area (Å²) in [6, 6.07) is 7.62.